The average Bonchev–Trinajstić information content (AvgIpc) is 2.56. The van der Waals surface area contributed by atoms with E-state index in [9.17, 15) is 9.59 Å². The highest BCUT2D eigenvalue weighted by atomic mass is 79.9. The molecule has 0 aliphatic heterocycles. The van der Waals surface area contributed by atoms with E-state index in [0.717, 1.165) is 14.2 Å². The molecule has 0 aliphatic rings. The number of rotatable bonds is 3. The Morgan fingerprint density at radius 2 is 2.00 bits per heavy atom. The molecule has 4 nitrogen and oxygen atoms in total. The summed E-state index contributed by atoms with van der Waals surface area (Å²) in [4.78, 5) is 25.0. The van der Waals surface area contributed by atoms with E-state index in [1.54, 1.807) is 27.7 Å². The molecule has 1 N–H and O–H groups in total. The summed E-state index contributed by atoms with van der Waals surface area (Å²) in [6, 6.07) is 1.84. The first kappa shape index (κ1) is 16.2. The molecule has 0 saturated heterocycles. The zero-order chi connectivity index (χ0) is 14.8. The first-order valence-corrected chi connectivity index (χ1v) is 7.42. The first-order valence-electron chi connectivity index (χ1n) is 5.81. The van der Waals surface area contributed by atoms with E-state index >= 15 is 0 Å². The Kier molecular flexibility index (Phi) is 4.79. The predicted molar refractivity (Wildman–Crippen MR) is 79.5 cm³/mol. The molecule has 1 unspecified atom stereocenters. The smallest absolute Gasteiger partial charge is 0.408 e. The zero-order valence-corrected chi connectivity index (χ0v) is 14.1. The van der Waals surface area contributed by atoms with Crippen LogP contribution < -0.4 is 5.32 Å². The molecule has 1 atom stereocenters. The SMILES string of the molecule is Cc1sc(C(C)(C=O)NC(=O)OC(C)(C)C)cc1Br. The third kappa shape index (κ3) is 4.31. The maximum atomic E-state index is 11.8. The van der Waals surface area contributed by atoms with Crippen LogP contribution in [0.3, 0.4) is 0 Å². The van der Waals surface area contributed by atoms with Crippen LogP contribution in [0.15, 0.2) is 10.5 Å². The summed E-state index contributed by atoms with van der Waals surface area (Å²) >= 11 is 4.86. The van der Waals surface area contributed by atoms with E-state index in [4.69, 9.17) is 4.74 Å². The number of thiophene rings is 1. The van der Waals surface area contributed by atoms with Gasteiger partial charge in [0.05, 0.1) is 0 Å². The molecular formula is C13H18BrNO3S. The Labute approximate surface area is 125 Å². The third-order valence-electron chi connectivity index (χ3n) is 2.37. The summed E-state index contributed by atoms with van der Waals surface area (Å²) in [5, 5.41) is 2.62. The quantitative estimate of drug-likeness (QED) is 0.847. The fourth-order valence-electron chi connectivity index (χ4n) is 1.38. The molecule has 0 saturated carbocycles. The van der Waals surface area contributed by atoms with Crippen molar-refractivity contribution in [3.05, 3.63) is 20.3 Å². The van der Waals surface area contributed by atoms with Gasteiger partial charge in [-0.25, -0.2) is 4.79 Å². The second kappa shape index (κ2) is 5.63. The van der Waals surface area contributed by atoms with Crippen LogP contribution in [0.5, 0.6) is 0 Å². The molecule has 1 aromatic rings. The van der Waals surface area contributed by atoms with Gasteiger partial charge in [-0.1, -0.05) is 0 Å². The summed E-state index contributed by atoms with van der Waals surface area (Å²) in [5.41, 5.74) is -1.68. The van der Waals surface area contributed by atoms with Gasteiger partial charge < -0.3 is 14.8 Å². The molecule has 0 spiro atoms. The van der Waals surface area contributed by atoms with Crippen molar-refractivity contribution in [2.24, 2.45) is 0 Å². The van der Waals surface area contributed by atoms with Crippen LogP contribution in [0.25, 0.3) is 0 Å². The van der Waals surface area contributed by atoms with E-state index < -0.39 is 17.2 Å². The van der Waals surface area contributed by atoms with E-state index in [1.807, 2.05) is 13.0 Å². The maximum Gasteiger partial charge on any atom is 0.408 e. The lowest BCUT2D eigenvalue weighted by Crippen LogP contribution is -2.46. The van der Waals surface area contributed by atoms with Crippen LogP contribution in [0, 0.1) is 6.92 Å². The molecule has 6 heteroatoms. The second-order valence-corrected chi connectivity index (χ2v) is 7.57. The lowest BCUT2D eigenvalue weighted by Gasteiger charge is -2.26. The van der Waals surface area contributed by atoms with E-state index in [2.05, 4.69) is 21.2 Å². The predicted octanol–water partition coefficient (Wildman–Crippen LogP) is 3.76. The van der Waals surface area contributed by atoms with Gasteiger partial charge in [-0.2, -0.15) is 0 Å². The lowest BCUT2D eigenvalue weighted by molar-refractivity contribution is -0.113. The number of ether oxygens (including phenoxy) is 1. The normalized spacial score (nSPS) is 14.6. The molecule has 0 radical (unpaired) electrons. The number of halogens is 1. The number of hydrogen-bond acceptors (Lipinski definition) is 4. The molecule has 19 heavy (non-hydrogen) atoms. The first-order chi connectivity index (χ1) is 8.57. The van der Waals surface area contributed by atoms with Gasteiger partial charge in [-0.15, -0.1) is 11.3 Å². The van der Waals surface area contributed by atoms with Gasteiger partial charge in [-0.3, -0.25) is 0 Å². The standard InChI is InChI=1S/C13H18BrNO3S/c1-8-9(14)6-10(19-8)13(5,7-16)15-11(17)18-12(2,3)4/h6-7H,1-5H3,(H,15,17). The summed E-state index contributed by atoms with van der Waals surface area (Å²) in [6.45, 7) is 8.92. The van der Waals surface area contributed by atoms with Crippen molar-refractivity contribution in [3.8, 4) is 0 Å². The van der Waals surface area contributed by atoms with Crippen molar-refractivity contribution in [2.45, 2.75) is 45.8 Å². The molecule has 0 aliphatic carbocycles. The molecular weight excluding hydrogens is 330 g/mol. The molecule has 1 aromatic heterocycles. The van der Waals surface area contributed by atoms with Gasteiger partial charge in [0.15, 0.2) is 6.29 Å². The monoisotopic (exact) mass is 347 g/mol. The van der Waals surface area contributed by atoms with Gasteiger partial charge in [0.1, 0.15) is 11.1 Å². The van der Waals surface area contributed by atoms with E-state index in [0.29, 0.717) is 6.29 Å². The topological polar surface area (TPSA) is 55.4 Å². The number of alkyl carbamates (subject to hydrolysis) is 1. The van der Waals surface area contributed by atoms with Crippen LogP contribution >= 0.6 is 27.3 Å². The highest BCUT2D eigenvalue weighted by molar-refractivity contribution is 9.10. The second-order valence-electron chi connectivity index (χ2n) is 5.46. The fraction of sp³-hybridized carbons (Fsp3) is 0.538. The van der Waals surface area contributed by atoms with E-state index in [1.165, 1.54) is 11.3 Å². The van der Waals surface area contributed by atoms with Crippen molar-refractivity contribution in [2.75, 3.05) is 0 Å². The van der Waals surface area contributed by atoms with Crippen molar-refractivity contribution in [1.29, 1.82) is 0 Å². The molecule has 0 fully saturated rings. The van der Waals surface area contributed by atoms with Crippen molar-refractivity contribution in [3.63, 3.8) is 0 Å². The number of carbonyl (C=O) groups excluding carboxylic acids is 2. The van der Waals surface area contributed by atoms with Gasteiger partial charge in [-0.05, 0) is 56.6 Å². The third-order valence-corrected chi connectivity index (χ3v) is 4.74. The lowest BCUT2D eigenvalue weighted by atomic mass is 10.0. The number of aryl methyl sites for hydroxylation is 1. The Morgan fingerprint density at radius 1 is 1.42 bits per heavy atom. The minimum Gasteiger partial charge on any atom is -0.444 e. The number of nitrogens with one attached hydrogen (secondary N) is 1. The van der Waals surface area contributed by atoms with Crippen LogP contribution in [0.4, 0.5) is 4.79 Å². The Balaban J connectivity index is 2.93. The van der Waals surface area contributed by atoms with Gasteiger partial charge in [0, 0.05) is 14.2 Å². The number of amides is 1. The highest BCUT2D eigenvalue weighted by Crippen LogP contribution is 2.33. The Hall–Kier alpha value is -0.880. The highest BCUT2D eigenvalue weighted by Gasteiger charge is 2.32. The fourth-order valence-corrected chi connectivity index (χ4v) is 2.98. The van der Waals surface area contributed by atoms with Gasteiger partial charge in [0.2, 0.25) is 0 Å². The van der Waals surface area contributed by atoms with E-state index in [-0.39, 0.29) is 0 Å². The molecule has 0 bridgehead atoms. The molecule has 0 aromatic carbocycles. The van der Waals surface area contributed by atoms with Crippen LogP contribution in [0.1, 0.15) is 37.4 Å². The van der Waals surface area contributed by atoms with Crippen molar-refractivity contribution >= 4 is 39.6 Å². The van der Waals surface area contributed by atoms with Crippen molar-refractivity contribution in [1.82, 2.24) is 5.32 Å². The molecule has 1 heterocycles. The summed E-state index contributed by atoms with van der Waals surface area (Å²) < 4.78 is 6.10. The summed E-state index contributed by atoms with van der Waals surface area (Å²) in [6.07, 6.45) is 0.110. The Bertz CT molecular complexity index is 473. The van der Waals surface area contributed by atoms with Crippen LogP contribution in [0.2, 0.25) is 0 Å². The average molecular weight is 348 g/mol. The van der Waals surface area contributed by atoms with Gasteiger partial charge in [0.25, 0.3) is 0 Å². The minimum absolute atomic E-state index is 0.597. The summed E-state index contributed by atoms with van der Waals surface area (Å²) in [5.74, 6) is 0. The number of carbonyl (C=O) groups is 2. The maximum absolute atomic E-state index is 11.8. The molecule has 1 amide bonds. The zero-order valence-electron chi connectivity index (χ0n) is 11.7. The largest absolute Gasteiger partial charge is 0.444 e. The van der Waals surface area contributed by atoms with Gasteiger partial charge >= 0.3 is 6.09 Å². The Morgan fingerprint density at radius 3 is 2.37 bits per heavy atom. The van der Waals surface area contributed by atoms with Crippen molar-refractivity contribution < 1.29 is 14.3 Å². The number of aldehydes is 1. The minimum atomic E-state index is -1.08. The molecule has 106 valence electrons. The van der Waals surface area contributed by atoms with Crippen LogP contribution in [-0.2, 0) is 15.1 Å². The molecule has 1 rings (SSSR count). The summed E-state index contributed by atoms with van der Waals surface area (Å²) in [7, 11) is 0. The van der Waals surface area contributed by atoms with Crippen LogP contribution in [-0.4, -0.2) is 18.0 Å². The number of hydrogen-bond donors (Lipinski definition) is 1.